The van der Waals surface area contributed by atoms with Gasteiger partial charge in [0.25, 0.3) is 5.91 Å². The molecule has 4 rings (SSSR count). The van der Waals surface area contributed by atoms with Gasteiger partial charge in [-0.15, -0.1) is 0 Å². The molecular weight excluding hydrogens is 318 g/mol. The lowest BCUT2D eigenvalue weighted by Crippen LogP contribution is -2.32. The fourth-order valence-electron chi connectivity index (χ4n) is 3.19. The Hall–Kier alpha value is -2.69. The Morgan fingerprint density at radius 3 is 2.48 bits per heavy atom. The molecule has 1 N–H and O–H groups in total. The summed E-state index contributed by atoms with van der Waals surface area (Å²) in [4.78, 5) is 12.4. The van der Waals surface area contributed by atoms with Gasteiger partial charge in [0.1, 0.15) is 19.0 Å². The molecule has 1 saturated carbocycles. The zero-order chi connectivity index (χ0) is 17.3. The lowest BCUT2D eigenvalue weighted by atomic mass is 9.95. The van der Waals surface area contributed by atoms with Crippen LogP contribution in [-0.4, -0.2) is 32.8 Å². The maximum atomic E-state index is 12.4. The van der Waals surface area contributed by atoms with Crippen molar-refractivity contribution in [3.8, 4) is 17.2 Å². The highest BCUT2D eigenvalue weighted by molar-refractivity contribution is 5.94. The van der Waals surface area contributed by atoms with Gasteiger partial charge in [-0.25, -0.2) is 0 Å². The minimum Gasteiger partial charge on any atom is -0.497 e. The molecule has 1 fully saturated rings. The molecule has 5 nitrogen and oxygen atoms in total. The summed E-state index contributed by atoms with van der Waals surface area (Å²) in [5.41, 5.74) is 1.85. The standard InChI is InChI=1S/C20H21NO4/c1-23-16-5-2-14(3-6-16)19(22)21-13-20(8-9-20)15-4-7-17-18(12-15)25-11-10-24-17/h2-7,12H,8-11,13H2,1H3,(H,21,22). The molecular formula is C20H21NO4. The second-order valence-corrected chi connectivity index (χ2v) is 6.55. The van der Waals surface area contributed by atoms with E-state index in [4.69, 9.17) is 14.2 Å². The van der Waals surface area contributed by atoms with Crippen molar-refractivity contribution in [3.63, 3.8) is 0 Å². The van der Waals surface area contributed by atoms with Gasteiger partial charge in [0, 0.05) is 17.5 Å². The number of hydrogen-bond donors (Lipinski definition) is 1. The summed E-state index contributed by atoms with van der Waals surface area (Å²) < 4.78 is 16.4. The highest BCUT2D eigenvalue weighted by Gasteiger charge is 2.44. The molecule has 1 heterocycles. The Morgan fingerprint density at radius 1 is 1.08 bits per heavy atom. The third-order valence-electron chi connectivity index (χ3n) is 4.95. The summed E-state index contributed by atoms with van der Waals surface area (Å²) in [6.45, 7) is 1.80. The van der Waals surface area contributed by atoms with E-state index in [1.165, 1.54) is 5.56 Å². The normalized spacial score (nSPS) is 16.8. The quantitative estimate of drug-likeness (QED) is 0.910. The van der Waals surface area contributed by atoms with Gasteiger partial charge in [0.05, 0.1) is 7.11 Å². The molecule has 0 bridgehead atoms. The number of methoxy groups -OCH3 is 1. The topological polar surface area (TPSA) is 56.8 Å². The van der Waals surface area contributed by atoms with Crippen LogP contribution in [0.2, 0.25) is 0 Å². The fraction of sp³-hybridized carbons (Fsp3) is 0.350. The number of fused-ring (bicyclic) bond motifs is 1. The highest BCUT2D eigenvalue weighted by Crippen LogP contribution is 2.49. The molecule has 5 heteroatoms. The number of benzene rings is 2. The van der Waals surface area contributed by atoms with Crippen molar-refractivity contribution in [2.24, 2.45) is 0 Å². The predicted octanol–water partition coefficient (Wildman–Crippen LogP) is 2.93. The number of ether oxygens (including phenoxy) is 3. The Kier molecular flexibility index (Phi) is 3.99. The van der Waals surface area contributed by atoms with Crippen molar-refractivity contribution in [2.45, 2.75) is 18.3 Å². The number of carbonyl (C=O) groups is 1. The van der Waals surface area contributed by atoms with Crippen LogP contribution >= 0.6 is 0 Å². The van der Waals surface area contributed by atoms with Crippen LogP contribution < -0.4 is 19.5 Å². The van der Waals surface area contributed by atoms with Crippen molar-refractivity contribution in [3.05, 3.63) is 53.6 Å². The van der Waals surface area contributed by atoms with Gasteiger partial charge in [-0.05, 0) is 54.8 Å². The van der Waals surface area contributed by atoms with E-state index >= 15 is 0 Å². The van der Waals surface area contributed by atoms with Crippen LogP contribution in [0.1, 0.15) is 28.8 Å². The third-order valence-corrected chi connectivity index (χ3v) is 4.95. The average Bonchev–Trinajstić information content (AvgIpc) is 3.47. The number of amides is 1. The van der Waals surface area contributed by atoms with Crippen LogP contribution in [0.3, 0.4) is 0 Å². The van der Waals surface area contributed by atoms with E-state index in [0.29, 0.717) is 25.3 Å². The number of carbonyl (C=O) groups excluding carboxylic acids is 1. The second kappa shape index (κ2) is 6.31. The van der Waals surface area contributed by atoms with Gasteiger partial charge in [0.15, 0.2) is 11.5 Å². The first-order valence-electron chi connectivity index (χ1n) is 8.53. The summed E-state index contributed by atoms with van der Waals surface area (Å²) in [7, 11) is 1.61. The second-order valence-electron chi connectivity index (χ2n) is 6.55. The summed E-state index contributed by atoms with van der Waals surface area (Å²) >= 11 is 0. The van der Waals surface area contributed by atoms with Gasteiger partial charge < -0.3 is 19.5 Å². The van der Waals surface area contributed by atoms with E-state index in [9.17, 15) is 4.79 Å². The zero-order valence-electron chi connectivity index (χ0n) is 14.2. The van der Waals surface area contributed by atoms with E-state index in [1.807, 2.05) is 6.07 Å². The highest BCUT2D eigenvalue weighted by atomic mass is 16.6. The van der Waals surface area contributed by atoms with Crippen molar-refractivity contribution in [2.75, 3.05) is 26.9 Å². The van der Waals surface area contributed by atoms with E-state index in [-0.39, 0.29) is 11.3 Å². The maximum Gasteiger partial charge on any atom is 0.251 e. The first-order chi connectivity index (χ1) is 12.2. The molecule has 130 valence electrons. The zero-order valence-corrected chi connectivity index (χ0v) is 14.2. The molecule has 0 unspecified atom stereocenters. The maximum absolute atomic E-state index is 12.4. The van der Waals surface area contributed by atoms with Gasteiger partial charge in [-0.1, -0.05) is 6.07 Å². The Labute approximate surface area is 146 Å². The first kappa shape index (κ1) is 15.8. The molecule has 0 atom stereocenters. The number of nitrogens with one attached hydrogen (secondary N) is 1. The number of rotatable bonds is 5. The fourth-order valence-corrected chi connectivity index (χ4v) is 3.19. The monoisotopic (exact) mass is 339 g/mol. The molecule has 0 aromatic heterocycles. The van der Waals surface area contributed by atoms with E-state index in [1.54, 1.807) is 31.4 Å². The summed E-state index contributed by atoms with van der Waals surface area (Å²) in [6.07, 6.45) is 2.13. The first-order valence-corrected chi connectivity index (χ1v) is 8.53. The third kappa shape index (κ3) is 3.14. The van der Waals surface area contributed by atoms with E-state index in [0.717, 1.165) is 30.1 Å². The van der Waals surface area contributed by atoms with E-state index in [2.05, 4.69) is 17.4 Å². The molecule has 2 aromatic rings. The van der Waals surface area contributed by atoms with Crippen LogP contribution in [0.15, 0.2) is 42.5 Å². The van der Waals surface area contributed by atoms with Crippen molar-refractivity contribution < 1.29 is 19.0 Å². The lowest BCUT2D eigenvalue weighted by molar-refractivity contribution is 0.0949. The lowest BCUT2D eigenvalue weighted by Gasteiger charge is -2.22. The summed E-state index contributed by atoms with van der Waals surface area (Å²) in [5.74, 6) is 2.28. The van der Waals surface area contributed by atoms with Crippen LogP contribution in [0.4, 0.5) is 0 Å². The minimum absolute atomic E-state index is 0.0119. The molecule has 2 aliphatic rings. The van der Waals surface area contributed by atoms with Crippen LogP contribution in [0, 0.1) is 0 Å². The minimum atomic E-state index is -0.0635. The Bertz CT molecular complexity index is 781. The van der Waals surface area contributed by atoms with Gasteiger partial charge >= 0.3 is 0 Å². The van der Waals surface area contributed by atoms with Gasteiger partial charge in [0.2, 0.25) is 0 Å². The summed E-state index contributed by atoms with van der Waals surface area (Å²) in [5, 5.41) is 3.07. The number of hydrogen-bond acceptors (Lipinski definition) is 4. The van der Waals surface area contributed by atoms with Crippen molar-refractivity contribution in [1.82, 2.24) is 5.32 Å². The summed E-state index contributed by atoms with van der Waals surface area (Å²) in [6, 6.07) is 13.2. The molecule has 0 saturated heterocycles. The molecule has 0 radical (unpaired) electrons. The molecule has 1 amide bonds. The molecule has 1 aliphatic carbocycles. The van der Waals surface area contributed by atoms with Crippen molar-refractivity contribution >= 4 is 5.91 Å². The smallest absolute Gasteiger partial charge is 0.251 e. The van der Waals surface area contributed by atoms with Gasteiger partial charge in [-0.3, -0.25) is 4.79 Å². The van der Waals surface area contributed by atoms with Gasteiger partial charge in [-0.2, -0.15) is 0 Å². The largest absolute Gasteiger partial charge is 0.497 e. The predicted molar refractivity (Wildman–Crippen MR) is 93.7 cm³/mol. The Balaban J connectivity index is 1.44. The molecule has 1 aliphatic heterocycles. The molecule has 0 spiro atoms. The average molecular weight is 339 g/mol. The van der Waals surface area contributed by atoms with Crippen LogP contribution in [-0.2, 0) is 5.41 Å². The van der Waals surface area contributed by atoms with E-state index < -0.39 is 0 Å². The SMILES string of the molecule is COc1ccc(C(=O)NCC2(c3ccc4c(c3)OCCO4)CC2)cc1. The van der Waals surface area contributed by atoms with Crippen LogP contribution in [0.5, 0.6) is 17.2 Å². The van der Waals surface area contributed by atoms with Crippen molar-refractivity contribution in [1.29, 1.82) is 0 Å². The molecule has 25 heavy (non-hydrogen) atoms. The molecule has 2 aromatic carbocycles. The van der Waals surface area contributed by atoms with Crippen LogP contribution in [0.25, 0.3) is 0 Å². The Morgan fingerprint density at radius 2 is 1.80 bits per heavy atom.